The molecule has 8 aromatic rings. The van der Waals surface area contributed by atoms with E-state index in [1.807, 2.05) is 0 Å². The van der Waals surface area contributed by atoms with Gasteiger partial charge in [-0.05, 0) is 225 Å². The molecule has 0 atom stereocenters. The normalized spacial score (nSPS) is 15.9. The number of rotatable bonds is 16. The molecule has 8 heteroatoms. The van der Waals surface area contributed by atoms with Crippen LogP contribution in [0, 0.1) is 34.6 Å². The first kappa shape index (κ1) is 83.4. The summed E-state index contributed by atoms with van der Waals surface area (Å²) in [7, 11) is 3.48. The maximum absolute atomic E-state index is 2.57. The van der Waals surface area contributed by atoms with Gasteiger partial charge >= 0.3 is 0 Å². The first-order valence-corrected chi connectivity index (χ1v) is 55.8. The second kappa shape index (κ2) is 34.5. The Hall–Kier alpha value is -5.65. The Kier molecular flexibility index (Phi) is 27.4. The van der Waals surface area contributed by atoms with Gasteiger partial charge in [-0.2, -0.15) is 0 Å². The van der Waals surface area contributed by atoms with Gasteiger partial charge in [-0.15, -0.1) is 0 Å². The Morgan fingerprint density at radius 2 is 0.638 bits per heavy atom. The molecule has 0 saturated heterocycles. The number of aryl methyl sites for hydroxylation is 9. The lowest BCUT2D eigenvalue weighted by Crippen LogP contribution is -2.47. The summed E-state index contributed by atoms with van der Waals surface area (Å²) in [6, 6.07) is 38.3. The van der Waals surface area contributed by atoms with E-state index in [1.54, 1.807) is 43.0 Å². The summed E-state index contributed by atoms with van der Waals surface area (Å²) in [5.41, 5.74) is 29.1. The predicted molar refractivity (Wildman–Crippen MR) is 469 cm³/mol. The van der Waals surface area contributed by atoms with Crippen LogP contribution in [0.4, 0.5) is 0 Å². The van der Waals surface area contributed by atoms with Crippen molar-refractivity contribution in [2.24, 2.45) is 28.2 Å². The van der Waals surface area contributed by atoms with Crippen LogP contribution in [-0.2, 0) is 33.6 Å². The average Bonchev–Trinajstić information content (AvgIpc) is 1.78. The third kappa shape index (κ3) is 20.2. The number of benzene rings is 4. The molecular weight excluding hydrogens is 1330 g/mol. The first-order valence-electron chi connectivity index (χ1n) is 41.8. The van der Waals surface area contributed by atoms with E-state index in [4.69, 9.17) is 0 Å². The molecule has 4 nitrogen and oxygen atoms in total. The lowest BCUT2D eigenvalue weighted by molar-refractivity contribution is -0.659. The van der Waals surface area contributed by atoms with Gasteiger partial charge in [0.1, 0.15) is 28.2 Å². The fraction of sp³-hybridized carbons (Fsp3) is 0.546. The van der Waals surface area contributed by atoms with Crippen LogP contribution >= 0.6 is 0 Å². The highest BCUT2D eigenvalue weighted by Gasteiger charge is 2.36. The predicted octanol–water partition coefficient (Wildman–Crippen LogP) is 23.4. The van der Waals surface area contributed by atoms with Crippen molar-refractivity contribution in [1.29, 1.82) is 0 Å². The molecule has 4 aliphatic carbocycles. The zero-order valence-electron chi connectivity index (χ0n) is 72.0. The highest BCUT2D eigenvalue weighted by Crippen LogP contribution is 2.41. The molecule has 0 radical (unpaired) electrons. The first-order chi connectivity index (χ1) is 49.2. The quantitative estimate of drug-likeness (QED) is 0.0677. The number of pyridine rings is 4. The van der Waals surface area contributed by atoms with Crippen molar-refractivity contribution in [3.63, 3.8) is 0 Å². The number of nitrogens with zero attached hydrogens (tertiary/aromatic N) is 4. The van der Waals surface area contributed by atoms with Crippen molar-refractivity contribution in [2.75, 3.05) is 0 Å². The smallest absolute Gasteiger partial charge is 0.201 e. The van der Waals surface area contributed by atoms with Crippen molar-refractivity contribution in [3.05, 3.63) is 189 Å². The third-order valence-corrected chi connectivity index (χ3v) is 33.0. The number of aromatic nitrogens is 4. The summed E-state index contributed by atoms with van der Waals surface area (Å²) in [5, 5.41) is 6.64. The standard InChI is InChI=1S/C26H40NSi.C25H38NSi.C24H36NSi.C22H32NSi/c1-8-20(9-2)22-15-14-19(3)23(16-22)25-17-24(21-12-10-11-13-21)26(18-27(25)4)28(5,6)7;1-18-13-14-20(25(2,3)4)15-21(18)23-16-22(19-11-9-10-12-19)24(17-26(23)5)27(6,7)8;1-17(2)20-12-13-21(18(3)14-20)23-15-22(19-10-8-9-11-19)24(16-25(23)4)26(5,6)7;1-16-11-12-19(17(2)13-16)21-14-20(18-9-7-8-10-18)22(15-23(21)3)24(4,5)6/h14-18,20-21H,8-13H2,1-7H3;13-17,19H,9-12H2,1-8H3;12-17,19H,8-11H2,1-7H3;11-15,18H,7-10H2,1-6H3/q4*+1. The molecule has 105 heavy (non-hydrogen) atoms. The lowest BCUT2D eigenvalue weighted by Gasteiger charge is -2.24. The molecule has 12 rings (SSSR count). The highest BCUT2D eigenvalue weighted by atomic mass is 28.3. The molecule has 566 valence electrons. The van der Waals surface area contributed by atoms with Crippen LogP contribution in [0.1, 0.15) is 266 Å². The monoisotopic (exact) mass is 1480 g/mol. The van der Waals surface area contributed by atoms with Crippen molar-refractivity contribution >= 4 is 53.0 Å². The molecule has 0 aliphatic heterocycles. The Morgan fingerprint density at radius 1 is 0.343 bits per heavy atom. The van der Waals surface area contributed by atoms with Crippen LogP contribution in [0.25, 0.3) is 45.0 Å². The minimum absolute atomic E-state index is 0.174. The summed E-state index contributed by atoms with van der Waals surface area (Å²) >= 11 is 0. The number of hydrogen-bond acceptors (Lipinski definition) is 0. The van der Waals surface area contributed by atoms with Gasteiger partial charge in [0, 0.05) is 67.3 Å². The number of hydrogen-bond donors (Lipinski definition) is 0. The topological polar surface area (TPSA) is 15.5 Å². The van der Waals surface area contributed by atoms with Crippen molar-refractivity contribution in [3.8, 4) is 45.0 Å². The Labute approximate surface area is 646 Å². The zero-order chi connectivity index (χ0) is 77.0. The molecular formula is C97H146N4Si4+4. The Morgan fingerprint density at radius 3 is 0.933 bits per heavy atom. The van der Waals surface area contributed by atoms with Crippen LogP contribution in [-0.4, -0.2) is 32.3 Å². The minimum atomic E-state index is -1.38. The maximum atomic E-state index is 2.57. The second-order valence-corrected chi connectivity index (χ2v) is 59.0. The largest absolute Gasteiger partial charge is 0.212 e. The fourth-order valence-corrected chi connectivity index (χ4v) is 25.2. The Balaban J connectivity index is 0.000000162. The van der Waals surface area contributed by atoms with E-state index in [1.165, 1.54) is 205 Å². The fourth-order valence-electron chi connectivity index (χ4n) is 18.3. The van der Waals surface area contributed by atoms with Gasteiger partial charge in [-0.3, -0.25) is 0 Å². The van der Waals surface area contributed by atoms with Crippen LogP contribution in [0.2, 0.25) is 78.6 Å². The summed E-state index contributed by atoms with van der Waals surface area (Å²) in [6.07, 6.45) is 34.4. The molecule has 4 fully saturated rings. The molecule has 4 aromatic heterocycles. The molecule has 0 N–H and O–H groups in total. The summed E-state index contributed by atoms with van der Waals surface area (Å²) < 4.78 is 9.54. The summed E-state index contributed by atoms with van der Waals surface area (Å²) in [6.45, 7) is 57.2. The third-order valence-electron chi connectivity index (χ3n) is 24.9. The highest BCUT2D eigenvalue weighted by molar-refractivity contribution is 6.90. The summed E-state index contributed by atoms with van der Waals surface area (Å²) in [5.74, 6) is 4.33. The van der Waals surface area contributed by atoms with E-state index in [9.17, 15) is 0 Å². The SMILES string of the molecule is CCC(CC)c1ccc(C)c(-c2cc(C3CCCC3)c([Si](C)(C)C)c[n+]2C)c1.Cc1cc(C(C)C)ccc1-c1cc(C2CCCC2)c([Si](C)(C)C)c[n+]1C.Cc1ccc(-c2cc(C3CCCC3)c([Si](C)(C)C)c[n+]2C)c(C)c1.Cc1ccc(C(C)(C)C)cc1-c1cc(C2CCCC2)c([Si](C)(C)C)c[n+]1C. The van der Waals surface area contributed by atoms with E-state index in [-0.39, 0.29) is 5.41 Å². The van der Waals surface area contributed by atoms with Gasteiger partial charge in [0.05, 0.1) is 32.3 Å². The lowest BCUT2D eigenvalue weighted by atomic mass is 9.84. The van der Waals surface area contributed by atoms with Gasteiger partial charge in [-0.1, -0.05) is 232 Å². The van der Waals surface area contributed by atoms with E-state index in [0.29, 0.717) is 11.8 Å². The van der Waals surface area contributed by atoms with Crippen molar-refractivity contribution in [1.82, 2.24) is 0 Å². The van der Waals surface area contributed by atoms with Crippen LogP contribution in [0.3, 0.4) is 0 Å². The molecule has 4 heterocycles. The maximum Gasteiger partial charge on any atom is 0.212 e. The molecule has 4 aromatic carbocycles. The van der Waals surface area contributed by atoms with E-state index >= 15 is 0 Å². The van der Waals surface area contributed by atoms with Gasteiger partial charge in [-0.25, -0.2) is 18.3 Å². The molecule has 4 aliphatic rings. The second-order valence-electron chi connectivity index (χ2n) is 38.9. The van der Waals surface area contributed by atoms with Crippen LogP contribution < -0.4 is 39.0 Å². The van der Waals surface area contributed by atoms with Gasteiger partial charge in [0.25, 0.3) is 0 Å². The summed E-state index contributed by atoms with van der Waals surface area (Å²) in [4.78, 5) is 0. The van der Waals surface area contributed by atoms with Gasteiger partial charge in [0.2, 0.25) is 22.8 Å². The van der Waals surface area contributed by atoms with E-state index in [0.717, 1.165) is 23.7 Å². The molecule has 0 bridgehead atoms. The van der Waals surface area contributed by atoms with Crippen LogP contribution in [0.5, 0.6) is 0 Å². The van der Waals surface area contributed by atoms with E-state index < -0.39 is 32.3 Å². The molecule has 0 amide bonds. The molecule has 4 saturated carbocycles. The molecule has 0 unspecified atom stereocenters. The Bertz CT molecular complexity index is 4300. The zero-order valence-corrected chi connectivity index (χ0v) is 76.0. The molecule has 0 spiro atoms. The minimum Gasteiger partial charge on any atom is -0.201 e. The van der Waals surface area contributed by atoms with Crippen molar-refractivity contribution in [2.45, 2.75) is 318 Å². The van der Waals surface area contributed by atoms with E-state index in [2.05, 4.69) is 330 Å². The van der Waals surface area contributed by atoms with Crippen LogP contribution in [0.15, 0.2) is 122 Å². The average molecular weight is 1480 g/mol. The van der Waals surface area contributed by atoms with Gasteiger partial charge < -0.3 is 0 Å². The van der Waals surface area contributed by atoms with Crippen molar-refractivity contribution < 1.29 is 18.3 Å². The van der Waals surface area contributed by atoms with Gasteiger partial charge in [0.15, 0.2) is 24.8 Å².